The van der Waals surface area contributed by atoms with Gasteiger partial charge < -0.3 is 10.2 Å². The molecule has 0 saturated heterocycles. The van der Waals surface area contributed by atoms with Gasteiger partial charge in [0.15, 0.2) is 0 Å². The van der Waals surface area contributed by atoms with E-state index < -0.39 is 5.92 Å². The summed E-state index contributed by atoms with van der Waals surface area (Å²) in [4.78, 5) is 2.37. The lowest BCUT2D eigenvalue weighted by atomic mass is 9.86. The van der Waals surface area contributed by atoms with Gasteiger partial charge in [0.25, 0.3) is 5.92 Å². The molecule has 1 aliphatic carbocycles. The minimum atomic E-state index is -3.05. The maximum atomic E-state index is 15.3. The second-order valence-electron chi connectivity index (χ2n) is 10.9. The molecule has 0 bridgehead atoms. The number of benzene rings is 6. The van der Waals surface area contributed by atoms with Crippen LogP contribution in [-0.4, -0.2) is 0 Å². The Kier molecular flexibility index (Phi) is 4.48. The van der Waals surface area contributed by atoms with Crippen LogP contribution >= 0.6 is 11.6 Å². The fourth-order valence-electron chi connectivity index (χ4n) is 6.97. The first-order valence-electron chi connectivity index (χ1n) is 13.6. The summed E-state index contributed by atoms with van der Waals surface area (Å²) >= 11 is 6.23. The van der Waals surface area contributed by atoms with Crippen molar-refractivity contribution in [2.24, 2.45) is 0 Å². The molecule has 2 heterocycles. The van der Waals surface area contributed by atoms with Gasteiger partial charge in [-0.3, -0.25) is 0 Å². The van der Waals surface area contributed by atoms with E-state index in [1.807, 2.05) is 6.07 Å². The Morgan fingerprint density at radius 3 is 2.24 bits per heavy atom. The third-order valence-corrected chi connectivity index (χ3v) is 9.04. The Morgan fingerprint density at radius 1 is 0.634 bits per heavy atom. The summed E-state index contributed by atoms with van der Waals surface area (Å²) < 4.78 is 30.6. The van der Waals surface area contributed by atoms with Gasteiger partial charge in [-0.05, 0) is 75.0 Å². The third-order valence-electron chi connectivity index (χ3n) is 8.81. The highest BCUT2D eigenvalue weighted by Gasteiger charge is 2.44. The fourth-order valence-corrected chi connectivity index (χ4v) is 7.14. The number of nitrogens with zero attached hydrogens (tertiary/aromatic N) is 1. The normalized spacial score (nSPS) is 16.8. The Hall–Kier alpha value is -4.67. The predicted molar refractivity (Wildman–Crippen MR) is 163 cm³/mol. The summed E-state index contributed by atoms with van der Waals surface area (Å²) in [5.41, 5.74) is 9.80. The summed E-state index contributed by atoms with van der Waals surface area (Å²) in [5, 5.41) is 6.66. The van der Waals surface area contributed by atoms with Gasteiger partial charge >= 0.3 is 0 Å². The zero-order valence-electron chi connectivity index (χ0n) is 21.6. The van der Waals surface area contributed by atoms with Gasteiger partial charge in [-0.15, -0.1) is 0 Å². The van der Waals surface area contributed by atoms with Gasteiger partial charge in [-0.25, -0.2) is 0 Å². The highest BCUT2D eigenvalue weighted by atomic mass is 35.5. The molecule has 0 amide bonds. The van der Waals surface area contributed by atoms with Crippen LogP contribution in [0.1, 0.15) is 22.9 Å². The molecule has 6 aromatic rings. The minimum absolute atomic E-state index is 0.00548. The molecular weight excluding hydrogens is 534 g/mol. The minimum Gasteiger partial charge on any atom is -0.359 e. The summed E-state index contributed by atoms with van der Waals surface area (Å²) in [6.07, 6.45) is -0.0658. The van der Waals surface area contributed by atoms with Gasteiger partial charge in [0.05, 0.1) is 17.1 Å². The van der Waals surface area contributed by atoms with Crippen LogP contribution in [0.15, 0.2) is 115 Å². The van der Waals surface area contributed by atoms with E-state index in [1.165, 1.54) is 34.0 Å². The molecule has 5 heteroatoms. The zero-order valence-corrected chi connectivity index (χ0v) is 22.4. The van der Waals surface area contributed by atoms with E-state index in [4.69, 9.17) is 11.6 Å². The van der Waals surface area contributed by atoms with E-state index >= 15 is 8.78 Å². The van der Waals surface area contributed by atoms with Crippen LogP contribution in [0.5, 0.6) is 0 Å². The van der Waals surface area contributed by atoms with Crippen LogP contribution in [0.2, 0.25) is 5.02 Å². The van der Waals surface area contributed by atoms with E-state index in [2.05, 4.69) is 89.1 Å². The maximum Gasteiger partial charge on any atom is 0.299 e. The highest BCUT2D eigenvalue weighted by molar-refractivity contribution is 6.31. The summed E-state index contributed by atoms with van der Waals surface area (Å²) in [6.45, 7) is 0. The molecule has 41 heavy (non-hydrogen) atoms. The van der Waals surface area contributed by atoms with Crippen molar-refractivity contribution in [3.05, 3.63) is 137 Å². The number of anilines is 3. The summed E-state index contributed by atoms with van der Waals surface area (Å²) in [6, 6.07) is 37.6. The SMILES string of the molecule is FC1(F)c2ccc(Cl)cc2-c2cc(-c3ccc4c(c3)N3c5ccccc5NC3c3c-4ccc4ccccc34)ccc21. The molecule has 1 unspecified atom stereocenters. The molecule has 0 fully saturated rings. The number of hydrogen-bond donors (Lipinski definition) is 1. The molecule has 196 valence electrons. The quantitative estimate of drug-likeness (QED) is 0.217. The average molecular weight is 555 g/mol. The van der Waals surface area contributed by atoms with Crippen molar-refractivity contribution < 1.29 is 8.78 Å². The third kappa shape index (κ3) is 3.06. The van der Waals surface area contributed by atoms with Crippen molar-refractivity contribution in [2.75, 3.05) is 10.2 Å². The molecular formula is C36H21ClF2N2. The molecule has 0 aromatic heterocycles. The van der Waals surface area contributed by atoms with Crippen LogP contribution in [-0.2, 0) is 5.92 Å². The number of nitrogens with one attached hydrogen (secondary N) is 1. The van der Waals surface area contributed by atoms with E-state index in [-0.39, 0.29) is 17.3 Å². The van der Waals surface area contributed by atoms with Gasteiger partial charge in [-0.2, -0.15) is 8.78 Å². The number of alkyl halides is 2. The molecule has 0 radical (unpaired) electrons. The summed E-state index contributed by atoms with van der Waals surface area (Å²) in [7, 11) is 0. The first kappa shape index (κ1) is 23.1. The first-order valence-corrected chi connectivity index (χ1v) is 14.0. The average Bonchev–Trinajstić information content (AvgIpc) is 3.49. The number of fused-ring (bicyclic) bond motifs is 13. The van der Waals surface area contributed by atoms with Gasteiger partial charge in [0.1, 0.15) is 6.17 Å². The number of halogens is 3. The second-order valence-corrected chi connectivity index (χ2v) is 11.4. The van der Waals surface area contributed by atoms with Crippen molar-refractivity contribution in [3.8, 4) is 33.4 Å². The van der Waals surface area contributed by atoms with Crippen LogP contribution in [0, 0.1) is 0 Å². The van der Waals surface area contributed by atoms with Gasteiger partial charge in [0.2, 0.25) is 0 Å². The van der Waals surface area contributed by atoms with Crippen molar-refractivity contribution in [1.29, 1.82) is 0 Å². The fraction of sp³-hybridized carbons (Fsp3) is 0.0556. The molecule has 0 saturated carbocycles. The summed E-state index contributed by atoms with van der Waals surface area (Å²) in [5.74, 6) is -3.05. The molecule has 9 rings (SSSR count). The molecule has 3 aliphatic rings. The number of para-hydroxylation sites is 2. The highest BCUT2D eigenvalue weighted by Crippen LogP contribution is 2.57. The van der Waals surface area contributed by atoms with E-state index in [0.29, 0.717) is 16.1 Å². The second kappa shape index (κ2) is 7.96. The standard InChI is InChI=1S/C36H21ClF2N2/c37-23-12-16-30-28(19-23)27-17-21(11-15-29(27)36(30,38)39)22-10-13-25-26-14-9-20-5-1-2-6-24(20)34(26)35-40-31-7-3-4-8-32(31)41(35)33(25)18-22/h1-19,35,40H. The monoisotopic (exact) mass is 554 g/mol. The van der Waals surface area contributed by atoms with E-state index in [0.717, 1.165) is 33.8 Å². The van der Waals surface area contributed by atoms with Crippen molar-refractivity contribution >= 4 is 39.4 Å². The lowest BCUT2D eigenvalue weighted by Crippen LogP contribution is -2.28. The molecule has 1 N–H and O–H groups in total. The topological polar surface area (TPSA) is 15.3 Å². The lowest BCUT2D eigenvalue weighted by Gasteiger charge is -2.36. The van der Waals surface area contributed by atoms with Crippen LogP contribution in [0.4, 0.5) is 25.8 Å². The Morgan fingerprint density at radius 2 is 1.34 bits per heavy atom. The van der Waals surface area contributed by atoms with Gasteiger partial charge in [0, 0.05) is 27.3 Å². The van der Waals surface area contributed by atoms with Crippen LogP contribution < -0.4 is 10.2 Å². The number of hydrogen-bond acceptors (Lipinski definition) is 2. The largest absolute Gasteiger partial charge is 0.359 e. The van der Waals surface area contributed by atoms with Crippen molar-refractivity contribution in [3.63, 3.8) is 0 Å². The molecule has 2 nitrogen and oxygen atoms in total. The smallest absolute Gasteiger partial charge is 0.299 e. The van der Waals surface area contributed by atoms with Crippen molar-refractivity contribution in [1.82, 2.24) is 0 Å². The Labute approximate surface area is 240 Å². The molecule has 1 atom stereocenters. The lowest BCUT2D eigenvalue weighted by molar-refractivity contribution is 0.0480. The first-order chi connectivity index (χ1) is 20.0. The zero-order chi connectivity index (χ0) is 27.5. The van der Waals surface area contributed by atoms with Crippen LogP contribution in [0.25, 0.3) is 44.2 Å². The number of rotatable bonds is 1. The van der Waals surface area contributed by atoms with Crippen LogP contribution in [0.3, 0.4) is 0 Å². The molecule has 0 spiro atoms. The Balaban J connectivity index is 1.26. The van der Waals surface area contributed by atoms with Crippen molar-refractivity contribution in [2.45, 2.75) is 12.1 Å². The van der Waals surface area contributed by atoms with Gasteiger partial charge in [-0.1, -0.05) is 90.5 Å². The maximum absolute atomic E-state index is 15.3. The Bertz CT molecular complexity index is 2100. The van der Waals surface area contributed by atoms with E-state index in [1.54, 1.807) is 18.2 Å². The predicted octanol–water partition coefficient (Wildman–Crippen LogP) is 10.5. The molecule has 6 aromatic carbocycles. The molecule has 2 aliphatic heterocycles. The van der Waals surface area contributed by atoms with E-state index in [9.17, 15) is 0 Å².